The van der Waals surface area contributed by atoms with Gasteiger partial charge in [-0.3, -0.25) is 10.2 Å². The van der Waals surface area contributed by atoms with Gasteiger partial charge in [0.2, 0.25) is 0 Å². The maximum Gasteiger partial charge on any atom is 0.150 e. The molecule has 3 nitrogen and oxygen atoms in total. The lowest BCUT2D eigenvalue weighted by Gasteiger charge is -2.46. The van der Waals surface area contributed by atoms with Crippen LogP contribution in [0.25, 0.3) is 0 Å². The predicted octanol–water partition coefficient (Wildman–Crippen LogP) is 1.88. The molecule has 0 saturated heterocycles. The Balaban J connectivity index is 1.82. The van der Waals surface area contributed by atoms with Crippen LogP contribution >= 0.6 is 0 Å². The van der Waals surface area contributed by atoms with E-state index in [0.29, 0.717) is 12.2 Å². The summed E-state index contributed by atoms with van der Waals surface area (Å²) in [5, 5.41) is 0. The van der Waals surface area contributed by atoms with Crippen LogP contribution in [0.15, 0.2) is 0 Å². The number of carbonyl (C=O) groups excluding carboxylic acids is 1. The highest BCUT2D eigenvalue weighted by Crippen LogP contribution is 2.49. The Hall–Kier alpha value is -0.410. The summed E-state index contributed by atoms with van der Waals surface area (Å²) in [6, 6.07) is 0.0255. The summed E-state index contributed by atoms with van der Waals surface area (Å²) in [7, 11) is 1.84. The fourth-order valence-electron chi connectivity index (χ4n) is 3.51. The number of ketones is 1. The summed E-state index contributed by atoms with van der Waals surface area (Å²) < 4.78 is 0. The van der Waals surface area contributed by atoms with E-state index in [-0.39, 0.29) is 6.04 Å². The molecular formula is C13H24N2O. The molecule has 3 saturated carbocycles. The summed E-state index contributed by atoms with van der Waals surface area (Å²) in [5.41, 5.74) is 6.03. The van der Waals surface area contributed by atoms with Gasteiger partial charge in [0.1, 0.15) is 0 Å². The van der Waals surface area contributed by atoms with Gasteiger partial charge in [0.15, 0.2) is 5.78 Å². The van der Waals surface area contributed by atoms with Crippen molar-refractivity contribution in [3.05, 3.63) is 0 Å². The van der Waals surface area contributed by atoms with Gasteiger partial charge < -0.3 is 0 Å². The van der Waals surface area contributed by atoms with E-state index in [1.54, 1.807) is 0 Å². The summed E-state index contributed by atoms with van der Waals surface area (Å²) >= 11 is 0. The second-order valence-corrected chi connectivity index (χ2v) is 5.54. The lowest BCUT2D eigenvalue weighted by Crippen LogP contribution is -2.46. The number of fused-ring (bicyclic) bond motifs is 2. The summed E-state index contributed by atoms with van der Waals surface area (Å²) in [4.78, 5) is 11.8. The first-order chi connectivity index (χ1) is 7.72. The Morgan fingerprint density at radius 3 is 2.38 bits per heavy atom. The minimum absolute atomic E-state index is 0.0255. The zero-order chi connectivity index (χ0) is 11.5. The lowest BCUT2D eigenvalue weighted by atomic mass is 9.60. The monoisotopic (exact) mass is 224 g/mol. The zero-order valence-corrected chi connectivity index (χ0v) is 10.5. The quantitative estimate of drug-likeness (QED) is 0.677. The maximum absolute atomic E-state index is 11.8. The number of Topliss-reactive ketones (excluding diaryl/α,β-unsaturated/α-hetero) is 1. The maximum atomic E-state index is 11.8. The smallest absolute Gasteiger partial charge is 0.150 e. The van der Waals surface area contributed by atoms with Crippen molar-refractivity contribution >= 4 is 5.78 Å². The Bertz CT molecular complexity index is 238. The van der Waals surface area contributed by atoms with E-state index >= 15 is 0 Å². The third kappa shape index (κ3) is 2.64. The first-order valence-electron chi connectivity index (χ1n) is 6.67. The fourth-order valence-corrected chi connectivity index (χ4v) is 3.51. The number of hydrogen-bond acceptors (Lipinski definition) is 3. The van der Waals surface area contributed by atoms with Gasteiger partial charge >= 0.3 is 0 Å². The highest BCUT2D eigenvalue weighted by Gasteiger charge is 2.39. The van der Waals surface area contributed by atoms with Crippen molar-refractivity contribution in [2.45, 2.75) is 51.5 Å². The van der Waals surface area contributed by atoms with Crippen LogP contribution in [0.3, 0.4) is 0 Å². The van der Waals surface area contributed by atoms with Crippen LogP contribution in [0.4, 0.5) is 0 Å². The summed E-state index contributed by atoms with van der Waals surface area (Å²) in [5.74, 6) is 3.08. The van der Waals surface area contributed by atoms with Gasteiger partial charge in [0, 0.05) is 6.42 Å². The first-order valence-corrected chi connectivity index (χ1v) is 6.67. The van der Waals surface area contributed by atoms with Crippen LogP contribution in [-0.4, -0.2) is 18.9 Å². The molecule has 0 aromatic heterocycles. The number of nitrogens with one attached hydrogen (secondary N) is 2. The molecule has 1 unspecified atom stereocenters. The van der Waals surface area contributed by atoms with Gasteiger partial charge in [-0.15, -0.1) is 0 Å². The van der Waals surface area contributed by atoms with E-state index < -0.39 is 0 Å². The first kappa shape index (κ1) is 12.1. The molecule has 0 radical (unpaired) electrons. The van der Waals surface area contributed by atoms with E-state index in [1.807, 2.05) is 14.0 Å². The number of carbonyl (C=O) groups is 1. The average molecular weight is 224 g/mol. The van der Waals surface area contributed by atoms with Gasteiger partial charge in [0.05, 0.1) is 6.04 Å². The van der Waals surface area contributed by atoms with Crippen LogP contribution in [0.5, 0.6) is 0 Å². The minimum Gasteiger partial charge on any atom is -0.298 e. The number of rotatable bonds is 6. The zero-order valence-electron chi connectivity index (χ0n) is 10.5. The van der Waals surface area contributed by atoms with Crippen molar-refractivity contribution in [3.8, 4) is 0 Å². The third-order valence-corrected chi connectivity index (χ3v) is 4.29. The SMILES string of the molecule is CCC(=O)C(CC1CC2CC(C2)C1)NNC. The van der Waals surface area contributed by atoms with E-state index in [4.69, 9.17) is 0 Å². The molecule has 2 bridgehead atoms. The Morgan fingerprint density at radius 2 is 1.88 bits per heavy atom. The van der Waals surface area contributed by atoms with Gasteiger partial charge in [-0.2, -0.15) is 0 Å². The van der Waals surface area contributed by atoms with Crippen molar-refractivity contribution in [3.63, 3.8) is 0 Å². The van der Waals surface area contributed by atoms with Gasteiger partial charge in [-0.05, 0) is 56.9 Å². The molecule has 16 heavy (non-hydrogen) atoms. The van der Waals surface area contributed by atoms with Crippen molar-refractivity contribution < 1.29 is 4.79 Å². The van der Waals surface area contributed by atoms with Gasteiger partial charge in [-0.1, -0.05) is 6.92 Å². The van der Waals surface area contributed by atoms with Crippen molar-refractivity contribution in [2.75, 3.05) is 7.05 Å². The average Bonchev–Trinajstić information content (AvgIpc) is 2.26. The summed E-state index contributed by atoms with van der Waals surface area (Å²) in [6.07, 6.45) is 7.30. The van der Waals surface area contributed by atoms with Crippen LogP contribution < -0.4 is 10.9 Å². The van der Waals surface area contributed by atoms with E-state index in [9.17, 15) is 4.79 Å². The standard InChI is InChI=1S/C13H24N2O/c1-3-13(16)12(15-14-2)8-11-6-9-4-10(5-9)7-11/h9-12,14-15H,3-8H2,1-2H3. The Morgan fingerprint density at radius 1 is 1.25 bits per heavy atom. The van der Waals surface area contributed by atoms with Crippen LogP contribution in [0, 0.1) is 17.8 Å². The molecule has 92 valence electrons. The minimum atomic E-state index is 0.0255. The number of hydrogen-bond donors (Lipinski definition) is 2. The highest BCUT2D eigenvalue weighted by atomic mass is 16.1. The van der Waals surface area contributed by atoms with Crippen LogP contribution in [0.1, 0.15) is 45.4 Å². The summed E-state index contributed by atoms with van der Waals surface area (Å²) in [6.45, 7) is 1.95. The molecule has 3 aliphatic rings. The number of hydrazine groups is 1. The van der Waals surface area contributed by atoms with Crippen molar-refractivity contribution in [2.24, 2.45) is 17.8 Å². The normalized spacial score (nSPS) is 34.2. The molecule has 3 fully saturated rings. The van der Waals surface area contributed by atoms with Crippen molar-refractivity contribution in [1.29, 1.82) is 0 Å². The topological polar surface area (TPSA) is 41.1 Å². The van der Waals surface area contributed by atoms with Crippen LogP contribution in [0.2, 0.25) is 0 Å². The second kappa shape index (κ2) is 5.28. The highest BCUT2D eigenvalue weighted by molar-refractivity contribution is 5.83. The molecule has 0 heterocycles. The van der Waals surface area contributed by atoms with E-state index in [1.165, 1.54) is 25.7 Å². The molecule has 0 amide bonds. The molecule has 0 aromatic rings. The molecule has 1 atom stereocenters. The van der Waals surface area contributed by atoms with Crippen LogP contribution in [-0.2, 0) is 4.79 Å². The fraction of sp³-hybridized carbons (Fsp3) is 0.923. The lowest BCUT2D eigenvalue weighted by molar-refractivity contribution is -0.121. The molecule has 3 heteroatoms. The largest absolute Gasteiger partial charge is 0.298 e. The second-order valence-electron chi connectivity index (χ2n) is 5.54. The van der Waals surface area contributed by atoms with Gasteiger partial charge in [0.25, 0.3) is 0 Å². The third-order valence-electron chi connectivity index (χ3n) is 4.29. The molecule has 0 aliphatic heterocycles. The Kier molecular flexibility index (Phi) is 3.98. The van der Waals surface area contributed by atoms with E-state index in [2.05, 4.69) is 10.9 Å². The molecule has 0 spiro atoms. The Labute approximate surface area is 98.3 Å². The molecule has 0 aromatic carbocycles. The predicted molar refractivity (Wildman–Crippen MR) is 64.8 cm³/mol. The van der Waals surface area contributed by atoms with Gasteiger partial charge in [-0.25, -0.2) is 5.43 Å². The molecule has 3 aliphatic carbocycles. The van der Waals surface area contributed by atoms with E-state index in [0.717, 1.165) is 24.2 Å². The molecule has 3 rings (SSSR count). The molecular weight excluding hydrogens is 200 g/mol. The van der Waals surface area contributed by atoms with Crippen molar-refractivity contribution in [1.82, 2.24) is 10.9 Å². The molecule has 2 N–H and O–H groups in total.